The van der Waals surface area contributed by atoms with Gasteiger partial charge in [0.05, 0.1) is 27.6 Å². The minimum atomic E-state index is 1.16. The number of aromatic amines is 1. The third-order valence-electron chi connectivity index (χ3n) is 8.21. The van der Waals surface area contributed by atoms with E-state index < -0.39 is 0 Å². The number of hydrogen-bond donors (Lipinski definition) is 1. The van der Waals surface area contributed by atoms with Gasteiger partial charge in [-0.2, -0.15) is 0 Å². The highest BCUT2D eigenvalue weighted by Gasteiger charge is 2.26. The zero-order chi connectivity index (χ0) is 25.5. The molecule has 3 heterocycles. The SMILES string of the molecule is c1ccc(-n2c3ccccc3c3c4[nH]c5ccccc5c4c4c5ccccc5n(-c5ccccc5)c4c32)cc1. The lowest BCUT2D eigenvalue weighted by molar-refractivity contribution is 1.15. The van der Waals surface area contributed by atoms with E-state index in [9.17, 15) is 0 Å². The molecule has 0 bridgehead atoms. The van der Waals surface area contributed by atoms with Gasteiger partial charge in [-0.3, -0.25) is 0 Å². The molecule has 39 heavy (non-hydrogen) atoms. The van der Waals surface area contributed by atoms with E-state index in [0.29, 0.717) is 0 Å². The van der Waals surface area contributed by atoms with E-state index in [1.54, 1.807) is 0 Å². The van der Waals surface area contributed by atoms with Crippen LogP contribution in [0.25, 0.3) is 76.8 Å². The number of rotatable bonds is 2. The van der Waals surface area contributed by atoms with Crippen molar-refractivity contribution in [2.75, 3.05) is 0 Å². The van der Waals surface area contributed by atoms with Crippen molar-refractivity contribution in [3.8, 4) is 11.4 Å². The van der Waals surface area contributed by atoms with Gasteiger partial charge in [0.15, 0.2) is 0 Å². The quantitative estimate of drug-likeness (QED) is 0.246. The lowest BCUT2D eigenvalue weighted by Crippen LogP contribution is -1.98. The number of nitrogens with one attached hydrogen (secondary N) is 1. The lowest BCUT2D eigenvalue weighted by atomic mass is 10.0. The fraction of sp³-hybridized carbons (Fsp3) is 0. The second-order valence-electron chi connectivity index (χ2n) is 10.2. The normalized spacial score (nSPS) is 12.1. The Morgan fingerprint density at radius 1 is 0.385 bits per heavy atom. The summed E-state index contributed by atoms with van der Waals surface area (Å²) >= 11 is 0. The second kappa shape index (κ2) is 7.62. The number of benzene rings is 6. The largest absolute Gasteiger partial charge is 0.354 e. The number of para-hydroxylation sites is 5. The third kappa shape index (κ3) is 2.66. The van der Waals surface area contributed by atoms with Gasteiger partial charge in [0.2, 0.25) is 0 Å². The molecule has 9 rings (SSSR count). The van der Waals surface area contributed by atoms with Crippen molar-refractivity contribution >= 4 is 65.4 Å². The number of hydrogen-bond acceptors (Lipinski definition) is 0. The van der Waals surface area contributed by atoms with Crippen LogP contribution in [-0.4, -0.2) is 14.1 Å². The predicted molar refractivity (Wildman–Crippen MR) is 164 cm³/mol. The summed E-state index contributed by atoms with van der Waals surface area (Å²) in [6.07, 6.45) is 0. The molecule has 0 aliphatic rings. The Balaban J connectivity index is 1.71. The van der Waals surface area contributed by atoms with E-state index in [0.717, 1.165) is 16.9 Å². The minimum Gasteiger partial charge on any atom is -0.354 e. The van der Waals surface area contributed by atoms with E-state index in [1.165, 1.54) is 59.9 Å². The number of H-pyrrole nitrogens is 1. The summed E-state index contributed by atoms with van der Waals surface area (Å²) in [6.45, 7) is 0. The molecule has 0 aliphatic heterocycles. The zero-order valence-electron chi connectivity index (χ0n) is 21.1. The first-order valence-electron chi connectivity index (χ1n) is 13.4. The van der Waals surface area contributed by atoms with Crippen LogP contribution in [0, 0.1) is 0 Å². The summed E-state index contributed by atoms with van der Waals surface area (Å²) < 4.78 is 4.92. The fourth-order valence-electron chi connectivity index (χ4n) is 6.71. The monoisotopic (exact) mass is 497 g/mol. The first kappa shape index (κ1) is 20.7. The molecule has 182 valence electrons. The Hall–Kier alpha value is -5.28. The van der Waals surface area contributed by atoms with Crippen molar-refractivity contribution in [2.45, 2.75) is 0 Å². The highest BCUT2D eigenvalue weighted by molar-refractivity contribution is 6.40. The van der Waals surface area contributed by atoms with Crippen LogP contribution in [0.4, 0.5) is 0 Å². The molecule has 0 radical (unpaired) electrons. The van der Waals surface area contributed by atoms with Gasteiger partial charge in [-0.1, -0.05) is 91.0 Å². The number of fused-ring (bicyclic) bond motifs is 12. The van der Waals surface area contributed by atoms with Crippen molar-refractivity contribution in [3.05, 3.63) is 133 Å². The van der Waals surface area contributed by atoms with Gasteiger partial charge in [-0.05, 0) is 42.5 Å². The van der Waals surface area contributed by atoms with Crippen molar-refractivity contribution in [1.82, 2.24) is 14.1 Å². The molecule has 3 nitrogen and oxygen atoms in total. The highest BCUT2D eigenvalue weighted by atomic mass is 15.0. The van der Waals surface area contributed by atoms with Gasteiger partial charge in [-0.15, -0.1) is 0 Å². The van der Waals surface area contributed by atoms with Gasteiger partial charge < -0.3 is 14.1 Å². The summed E-state index contributed by atoms with van der Waals surface area (Å²) in [5.41, 5.74) is 9.54. The first-order chi connectivity index (χ1) is 19.4. The maximum atomic E-state index is 3.86. The van der Waals surface area contributed by atoms with Crippen LogP contribution in [0.5, 0.6) is 0 Å². The molecular weight excluding hydrogens is 474 g/mol. The summed E-state index contributed by atoms with van der Waals surface area (Å²) in [4.78, 5) is 3.86. The highest BCUT2D eigenvalue weighted by Crippen LogP contribution is 2.48. The Morgan fingerprint density at radius 3 is 1.46 bits per heavy atom. The van der Waals surface area contributed by atoms with E-state index in [-0.39, 0.29) is 0 Å². The smallest absolute Gasteiger partial charge is 0.0810 e. The van der Waals surface area contributed by atoms with Crippen LogP contribution < -0.4 is 0 Å². The summed E-state index contributed by atoms with van der Waals surface area (Å²) in [5.74, 6) is 0. The van der Waals surface area contributed by atoms with Crippen molar-refractivity contribution in [2.24, 2.45) is 0 Å². The van der Waals surface area contributed by atoms with Crippen LogP contribution in [0.3, 0.4) is 0 Å². The Bertz CT molecular complexity index is 2370. The molecule has 0 amide bonds. The summed E-state index contributed by atoms with van der Waals surface area (Å²) in [7, 11) is 0. The van der Waals surface area contributed by atoms with Crippen LogP contribution in [-0.2, 0) is 0 Å². The second-order valence-corrected chi connectivity index (χ2v) is 10.2. The molecule has 0 unspecified atom stereocenters. The predicted octanol–water partition coefficient (Wildman–Crippen LogP) is 9.52. The van der Waals surface area contributed by atoms with Gasteiger partial charge in [-0.25, -0.2) is 0 Å². The average molecular weight is 498 g/mol. The fourth-order valence-corrected chi connectivity index (χ4v) is 6.71. The van der Waals surface area contributed by atoms with E-state index in [4.69, 9.17) is 0 Å². The van der Waals surface area contributed by atoms with Crippen LogP contribution in [0.1, 0.15) is 0 Å². The molecule has 3 heteroatoms. The minimum absolute atomic E-state index is 1.16. The molecule has 3 aromatic heterocycles. The average Bonchev–Trinajstić information content (AvgIpc) is 3.66. The lowest BCUT2D eigenvalue weighted by Gasteiger charge is -2.13. The Morgan fingerprint density at radius 2 is 0.846 bits per heavy atom. The van der Waals surface area contributed by atoms with Crippen LogP contribution in [0.15, 0.2) is 133 Å². The molecule has 1 N–H and O–H groups in total. The standard InChI is InChI=1S/C36H23N3/c1-3-13-23(14-4-1)38-29-21-11-8-18-26(29)32-31-25-17-7-10-20-28(25)37-34(31)33-27-19-9-12-22-30(27)39(36(33)35(32)38)24-15-5-2-6-16-24/h1-22,37H. The summed E-state index contributed by atoms with van der Waals surface area (Å²) in [6, 6.07) is 47.9. The Kier molecular flexibility index (Phi) is 4.05. The number of nitrogens with zero attached hydrogens (tertiary/aromatic N) is 2. The topological polar surface area (TPSA) is 25.6 Å². The van der Waals surface area contributed by atoms with Gasteiger partial charge in [0, 0.05) is 49.2 Å². The maximum absolute atomic E-state index is 3.86. The molecule has 0 atom stereocenters. The van der Waals surface area contributed by atoms with E-state index >= 15 is 0 Å². The van der Waals surface area contributed by atoms with E-state index in [1.807, 2.05) is 0 Å². The molecular formula is C36H23N3. The molecule has 0 aliphatic carbocycles. The van der Waals surface area contributed by atoms with Gasteiger partial charge >= 0.3 is 0 Å². The van der Waals surface area contributed by atoms with Crippen LogP contribution >= 0.6 is 0 Å². The van der Waals surface area contributed by atoms with E-state index in [2.05, 4.69) is 148 Å². The Labute approximate surface area is 224 Å². The molecule has 0 fully saturated rings. The number of aromatic nitrogens is 3. The molecule has 6 aromatic carbocycles. The molecule has 9 aromatic rings. The van der Waals surface area contributed by atoms with Crippen molar-refractivity contribution in [1.29, 1.82) is 0 Å². The maximum Gasteiger partial charge on any atom is 0.0810 e. The first-order valence-corrected chi connectivity index (χ1v) is 13.4. The van der Waals surface area contributed by atoms with Crippen molar-refractivity contribution < 1.29 is 0 Å². The molecule has 0 saturated carbocycles. The molecule has 0 spiro atoms. The third-order valence-corrected chi connectivity index (χ3v) is 8.21. The zero-order valence-corrected chi connectivity index (χ0v) is 21.1. The summed E-state index contributed by atoms with van der Waals surface area (Å²) in [5, 5.41) is 7.60. The van der Waals surface area contributed by atoms with Crippen LogP contribution in [0.2, 0.25) is 0 Å². The molecule has 0 saturated heterocycles. The van der Waals surface area contributed by atoms with Gasteiger partial charge in [0.25, 0.3) is 0 Å². The van der Waals surface area contributed by atoms with Gasteiger partial charge in [0.1, 0.15) is 0 Å². The van der Waals surface area contributed by atoms with Crippen molar-refractivity contribution in [3.63, 3.8) is 0 Å².